The van der Waals surface area contributed by atoms with Crippen LogP contribution < -0.4 is 5.32 Å². The van der Waals surface area contributed by atoms with Crippen LogP contribution in [-0.2, 0) is 0 Å². The Morgan fingerprint density at radius 1 is 1.55 bits per heavy atom. The number of amides is 1. The molecule has 2 aromatic rings. The van der Waals surface area contributed by atoms with Crippen LogP contribution in [0.25, 0.3) is 0 Å². The lowest BCUT2D eigenvalue weighted by Crippen LogP contribution is -2.34. The molecule has 1 atom stereocenters. The van der Waals surface area contributed by atoms with Gasteiger partial charge in [-0.1, -0.05) is 6.07 Å². The van der Waals surface area contributed by atoms with Crippen LogP contribution in [-0.4, -0.2) is 32.9 Å². The number of nitrogens with one attached hydrogen (secondary N) is 2. The van der Waals surface area contributed by atoms with Crippen molar-refractivity contribution in [3.63, 3.8) is 0 Å². The Labute approximate surface area is 129 Å². The van der Waals surface area contributed by atoms with E-state index in [1.54, 1.807) is 24.4 Å². The van der Waals surface area contributed by atoms with E-state index in [0.29, 0.717) is 4.88 Å². The molecule has 1 amide bonds. The Morgan fingerprint density at radius 2 is 2.27 bits per heavy atom. The smallest absolute Gasteiger partial charge is 0.322 e. The molecule has 0 bridgehead atoms. The second-order valence-electron chi connectivity index (χ2n) is 4.78. The van der Waals surface area contributed by atoms with Crippen LogP contribution in [0.15, 0.2) is 17.5 Å². The number of carbonyl (C=O) groups is 2. The van der Waals surface area contributed by atoms with E-state index >= 15 is 0 Å². The number of thiophene rings is 1. The van der Waals surface area contributed by atoms with Crippen LogP contribution in [0, 0.1) is 17.0 Å². The Morgan fingerprint density at radius 3 is 2.86 bits per heavy atom. The summed E-state index contributed by atoms with van der Waals surface area (Å²) in [5.74, 6) is -0.766. The van der Waals surface area contributed by atoms with Gasteiger partial charge in [0.15, 0.2) is 5.78 Å². The van der Waals surface area contributed by atoms with Gasteiger partial charge in [-0.3, -0.25) is 24.8 Å². The molecule has 116 valence electrons. The number of aryl methyl sites for hydroxylation is 1. The second-order valence-corrected chi connectivity index (χ2v) is 5.73. The third kappa shape index (κ3) is 3.37. The van der Waals surface area contributed by atoms with Crippen molar-refractivity contribution in [1.82, 2.24) is 15.5 Å². The van der Waals surface area contributed by atoms with Crippen LogP contribution in [0.3, 0.4) is 0 Å². The average molecular weight is 322 g/mol. The maximum Gasteiger partial charge on any atom is 0.322 e. The third-order valence-electron chi connectivity index (χ3n) is 2.98. The molecule has 2 rings (SSSR count). The number of hydrogen-bond donors (Lipinski definition) is 2. The zero-order valence-corrected chi connectivity index (χ0v) is 12.8. The maximum absolute atomic E-state index is 12.1. The van der Waals surface area contributed by atoms with Crippen molar-refractivity contribution in [2.24, 2.45) is 0 Å². The molecule has 0 aliphatic rings. The molecule has 0 aromatic carbocycles. The summed E-state index contributed by atoms with van der Waals surface area (Å²) in [5, 5.41) is 21.4. The van der Waals surface area contributed by atoms with Gasteiger partial charge in [0.25, 0.3) is 5.91 Å². The predicted octanol–water partition coefficient (Wildman–Crippen LogP) is 2.08. The maximum atomic E-state index is 12.1. The first-order chi connectivity index (χ1) is 10.4. The number of hydrogen-bond acceptors (Lipinski definition) is 6. The molecule has 8 nitrogen and oxygen atoms in total. The molecule has 0 fully saturated rings. The van der Waals surface area contributed by atoms with E-state index in [2.05, 4.69) is 15.5 Å². The summed E-state index contributed by atoms with van der Waals surface area (Å²) in [6.45, 7) is 3.13. The van der Waals surface area contributed by atoms with Crippen molar-refractivity contribution in [3.05, 3.63) is 43.9 Å². The number of nitrogens with zero attached hydrogens (tertiary/aromatic N) is 2. The van der Waals surface area contributed by atoms with Crippen LogP contribution in [0.5, 0.6) is 0 Å². The number of Topliss-reactive ketones (excluding diaryl/α,β-unsaturated/α-hetero) is 1. The minimum atomic E-state index is -0.678. The van der Waals surface area contributed by atoms with E-state index < -0.39 is 16.9 Å². The quantitative estimate of drug-likeness (QED) is 0.479. The van der Waals surface area contributed by atoms with Gasteiger partial charge < -0.3 is 5.32 Å². The molecule has 0 saturated heterocycles. The average Bonchev–Trinajstić information content (AvgIpc) is 3.06. The molecule has 2 N–H and O–H groups in total. The van der Waals surface area contributed by atoms with E-state index in [0.717, 1.165) is 0 Å². The minimum Gasteiger partial charge on any atom is -0.348 e. The monoisotopic (exact) mass is 322 g/mol. The van der Waals surface area contributed by atoms with Gasteiger partial charge in [-0.05, 0) is 25.3 Å². The zero-order valence-electron chi connectivity index (χ0n) is 12.0. The molecule has 0 aliphatic heterocycles. The van der Waals surface area contributed by atoms with Gasteiger partial charge in [-0.15, -0.1) is 11.3 Å². The fraction of sp³-hybridized carbons (Fsp3) is 0.308. The van der Waals surface area contributed by atoms with Crippen molar-refractivity contribution in [3.8, 4) is 0 Å². The first-order valence-electron chi connectivity index (χ1n) is 6.47. The molecule has 0 unspecified atom stereocenters. The Kier molecular flexibility index (Phi) is 4.66. The van der Waals surface area contributed by atoms with E-state index in [1.165, 1.54) is 18.3 Å². The first kappa shape index (κ1) is 15.8. The summed E-state index contributed by atoms with van der Waals surface area (Å²) < 4.78 is 0. The van der Waals surface area contributed by atoms with Gasteiger partial charge in [0.05, 0.1) is 9.80 Å². The van der Waals surface area contributed by atoms with Crippen LogP contribution in [0.4, 0.5) is 5.69 Å². The predicted molar refractivity (Wildman–Crippen MR) is 80.2 cm³/mol. The molecular formula is C13H14N4O4S. The highest BCUT2D eigenvalue weighted by Crippen LogP contribution is 2.20. The largest absolute Gasteiger partial charge is 0.348 e. The van der Waals surface area contributed by atoms with Gasteiger partial charge in [-0.2, -0.15) is 5.10 Å². The third-order valence-corrected chi connectivity index (χ3v) is 3.89. The highest BCUT2D eigenvalue weighted by atomic mass is 32.1. The number of aromatic amines is 1. The number of rotatable bonds is 6. The molecule has 2 aromatic heterocycles. The van der Waals surface area contributed by atoms with E-state index in [-0.39, 0.29) is 29.3 Å². The first-order valence-corrected chi connectivity index (χ1v) is 7.35. The van der Waals surface area contributed by atoms with Crippen LogP contribution in [0.2, 0.25) is 0 Å². The molecule has 9 heteroatoms. The summed E-state index contributed by atoms with van der Waals surface area (Å²) in [5.41, 5.74) is -0.426. The zero-order chi connectivity index (χ0) is 16.3. The number of carbonyl (C=O) groups excluding carboxylic acids is 2. The molecular weight excluding hydrogens is 308 g/mol. The lowest BCUT2D eigenvalue weighted by atomic mass is 10.1. The van der Waals surface area contributed by atoms with Gasteiger partial charge in [0.1, 0.15) is 5.69 Å². The summed E-state index contributed by atoms with van der Waals surface area (Å²) in [7, 11) is 0. The second kappa shape index (κ2) is 6.48. The van der Waals surface area contributed by atoms with Crippen molar-refractivity contribution >= 4 is 28.7 Å². The fourth-order valence-corrected chi connectivity index (χ4v) is 2.64. The number of nitro groups is 1. The fourth-order valence-electron chi connectivity index (χ4n) is 1.96. The lowest BCUT2D eigenvalue weighted by Gasteiger charge is -2.11. The van der Waals surface area contributed by atoms with Crippen molar-refractivity contribution in [2.75, 3.05) is 0 Å². The summed E-state index contributed by atoms with van der Waals surface area (Å²) in [6.07, 6.45) is 0.115. The van der Waals surface area contributed by atoms with Crippen molar-refractivity contribution in [1.29, 1.82) is 0 Å². The normalized spacial score (nSPS) is 11.9. The van der Waals surface area contributed by atoms with Gasteiger partial charge >= 0.3 is 5.69 Å². The van der Waals surface area contributed by atoms with Crippen LogP contribution >= 0.6 is 11.3 Å². The van der Waals surface area contributed by atoms with E-state index in [1.807, 2.05) is 0 Å². The summed E-state index contributed by atoms with van der Waals surface area (Å²) in [6, 6.07) is 3.03. The summed E-state index contributed by atoms with van der Waals surface area (Å²) in [4.78, 5) is 34.9. The van der Waals surface area contributed by atoms with E-state index in [4.69, 9.17) is 0 Å². The van der Waals surface area contributed by atoms with E-state index in [9.17, 15) is 19.7 Å². The number of ketones is 1. The molecule has 0 radical (unpaired) electrons. The minimum absolute atomic E-state index is 0.0875. The molecule has 0 spiro atoms. The van der Waals surface area contributed by atoms with Crippen molar-refractivity contribution in [2.45, 2.75) is 26.3 Å². The highest BCUT2D eigenvalue weighted by molar-refractivity contribution is 7.12. The van der Waals surface area contributed by atoms with Gasteiger partial charge in [0.2, 0.25) is 5.69 Å². The topological polar surface area (TPSA) is 118 Å². The number of aromatic nitrogens is 2. The van der Waals surface area contributed by atoms with Crippen molar-refractivity contribution < 1.29 is 14.5 Å². The SMILES string of the molecule is Cc1[nH]nc(C(=O)N[C@H](C)CC(=O)c2cccs2)c1[N+](=O)[O-]. The Bertz CT molecular complexity index is 708. The van der Waals surface area contributed by atoms with Gasteiger partial charge in [-0.25, -0.2) is 0 Å². The molecule has 0 saturated carbocycles. The molecule has 0 aliphatic carbocycles. The number of H-pyrrole nitrogens is 1. The molecule has 2 heterocycles. The lowest BCUT2D eigenvalue weighted by molar-refractivity contribution is -0.385. The van der Waals surface area contributed by atoms with Crippen LogP contribution in [0.1, 0.15) is 39.2 Å². The Hall–Kier alpha value is -2.55. The van der Waals surface area contributed by atoms with Gasteiger partial charge in [0, 0.05) is 12.5 Å². The standard InChI is InChI=1S/C13H14N4O4S/c1-7(6-9(18)10-4-3-5-22-10)14-13(19)11-12(17(20)21)8(2)15-16-11/h3-5,7H,6H2,1-2H3,(H,14,19)(H,15,16)/t7-/m1/s1. The molecule has 22 heavy (non-hydrogen) atoms. The summed E-state index contributed by atoms with van der Waals surface area (Å²) >= 11 is 1.33. The highest BCUT2D eigenvalue weighted by Gasteiger charge is 2.28. The Balaban J connectivity index is 2.03.